The summed E-state index contributed by atoms with van der Waals surface area (Å²) in [6, 6.07) is 8.60. The van der Waals surface area contributed by atoms with Gasteiger partial charge in [-0.1, -0.05) is 24.3 Å². The zero-order valence-corrected chi connectivity index (χ0v) is 13.7. The molecule has 0 spiro atoms. The molecule has 1 aromatic carbocycles. The molecule has 0 bridgehead atoms. The topological polar surface area (TPSA) is 45.3 Å². The third-order valence-electron chi connectivity index (χ3n) is 5.78. The van der Waals surface area contributed by atoms with Crippen LogP contribution in [0.1, 0.15) is 30.6 Å². The van der Waals surface area contributed by atoms with Crippen molar-refractivity contribution in [1.29, 1.82) is 0 Å². The molecule has 1 N–H and O–H groups in total. The normalized spacial score (nSPS) is 27.4. The number of nitrogens with one attached hydrogen (secondary N) is 1. The molecule has 1 saturated heterocycles. The van der Waals surface area contributed by atoms with Gasteiger partial charge in [0.25, 0.3) is 5.91 Å². The number of para-hydroxylation sites is 1. The zero-order chi connectivity index (χ0) is 16.3. The van der Waals surface area contributed by atoms with Gasteiger partial charge in [-0.3, -0.25) is 4.79 Å². The molecule has 2 unspecified atom stereocenters. The number of hydrogen-bond acceptors (Lipinski definition) is 2. The number of aromatic amines is 1. The maximum atomic E-state index is 13.0. The van der Waals surface area contributed by atoms with E-state index in [0.29, 0.717) is 6.61 Å². The molecule has 3 aliphatic rings. The molecule has 0 aliphatic carbocycles. The minimum Gasteiger partial charge on any atom is -0.496 e. The van der Waals surface area contributed by atoms with Crippen LogP contribution >= 0.6 is 0 Å². The highest BCUT2D eigenvalue weighted by molar-refractivity contribution is 5.96. The largest absolute Gasteiger partial charge is 0.496 e. The molecule has 1 aromatic heterocycles. The number of amides is 1. The number of hydrogen-bond donors (Lipinski definition) is 1. The lowest BCUT2D eigenvalue weighted by atomic mass is 9.77. The number of H-pyrrole nitrogens is 1. The number of piperidine rings is 1. The first-order chi connectivity index (χ1) is 11.8. The molecule has 1 amide bonds. The van der Waals surface area contributed by atoms with E-state index in [1.165, 1.54) is 27.7 Å². The predicted molar refractivity (Wildman–Crippen MR) is 92.4 cm³/mol. The lowest BCUT2D eigenvalue weighted by Crippen LogP contribution is -2.47. The first-order valence-corrected chi connectivity index (χ1v) is 8.65. The number of benzene rings is 1. The summed E-state index contributed by atoms with van der Waals surface area (Å²) >= 11 is 0. The molecule has 4 nitrogen and oxygen atoms in total. The fourth-order valence-electron chi connectivity index (χ4n) is 4.57. The summed E-state index contributed by atoms with van der Waals surface area (Å²) in [4.78, 5) is 18.6. The minimum absolute atomic E-state index is 0.139. The van der Waals surface area contributed by atoms with Crippen molar-refractivity contribution < 1.29 is 9.53 Å². The van der Waals surface area contributed by atoms with Crippen LogP contribution in [0.2, 0.25) is 0 Å². The fraction of sp³-hybridized carbons (Fsp3) is 0.350. The van der Waals surface area contributed by atoms with Crippen molar-refractivity contribution in [1.82, 2.24) is 9.88 Å². The predicted octanol–water partition coefficient (Wildman–Crippen LogP) is 3.47. The molecular weight excluding hydrogens is 300 g/mol. The van der Waals surface area contributed by atoms with Crippen molar-refractivity contribution >= 4 is 16.8 Å². The van der Waals surface area contributed by atoms with E-state index in [2.05, 4.69) is 35.3 Å². The van der Waals surface area contributed by atoms with Gasteiger partial charge in [0.2, 0.25) is 0 Å². The highest BCUT2D eigenvalue weighted by Crippen LogP contribution is 2.46. The van der Waals surface area contributed by atoms with Crippen molar-refractivity contribution in [2.75, 3.05) is 13.2 Å². The second-order valence-corrected chi connectivity index (χ2v) is 6.86. The van der Waals surface area contributed by atoms with Crippen LogP contribution in [0, 0.1) is 5.92 Å². The summed E-state index contributed by atoms with van der Waals surface area (Å²) in [6.45, 7) is 3.42. The van der Waals surface area contributed by atoms with Gasteiger partial charge in [0, 0.05) is 29.1 Å². The van der Waals surface area contributed by atoms with E-state index in [4.69, 9.17) is 4.74 Å². The summed E-state index contributed by atoms with van der Waals surface area (Å²) in [7, 11) is 0. The second-order valence-electron chi connectivity index (χ2n) is 6.86. The third-order valence-corrected chi connectivity index (χ3v) is 5.78. The summed E-state index contributed by atoms with van der Waals surface area (Å²) in [6.07, 6.45) is 5.66. The Kier molecular flexibility index (Phi) is 2.90. The van der Waals surface area contributed by atoms with E-state index < -0.39 is 0 Å². The second kappa shape index (κ2) is 5.00. The van der Waals surface area contributed by atoms with E-state index in [1.807, 2.05) is 11.8 Å². The standard InChI is InChI=1S/C20H20N2O2/c1-2-12-10-24-11-16-15(12)9-18-19-14(7-8-22(18)20(16)23)13-5-3-4-6-17(13)21-19/h2-6,11,15,18,21H,7-10H2,1H3. The van der Waals surface area contributed by atoms with Crippen molar-refractivity contribution in [2.24, 2.45) is 5.92 Å². The summed E-state index contributed by atoms with van der Waals surface area (Å²) in [5.74, 6) is 0.328. The Hall–Kier alpha value is -2.49. The van der Waals surface area contributed by atoms with E-state index in [9.17, 15) is 4.79 Å². The molecule has 2 aromatic rings. The van der Waals surface area contributed by atoms with Crippen LogP contribution in [0.15, 0.2) is 47.7 Å². The molecular formula is C20H20N2O2. The first kappa shape index (κ1) is 13.9. The van der Waals surface area contributed by atoms with Crippen LogP contribution in [-0.4, -0.2) is 28.9 Å². The number of carbonyl (C=O) groups excluding carboxylic acids is 1. The van der Waals surface area contributed by atoms with E-state index in [1.54, 1.807) is 6.26 Å². The molecule has 0 saturated carbocycles. The van der Waals surface area contributed by atoms with Gasteiger partial charge in [-0.25, -0.2) is 0 Å². The van der Waals surface area contributed by atoms with Crippen LogP contribution in [0.4, 0.5) is 0 Å². The Labute approximate surface area is 140 Å². The van der Waals surface area contributed by atoms with Gasteiger partial charge in [-0.05, 0) is 37.0 Å². The van der Waals surface area contributed by atoms with Crippen LogP contribution in [0.5, 0.6) is 0 Å². The Morgan fingerprint density at radius 1 is 1.33 bits per heavy atom. The maximum absolute atomic E-state index is 13.0. The minimum atomic E-state index is 0.139. The average molecular weight is 320 g/mol. The summed E-state index contributed by atoms with van der Waals surface area (Å²) < 4.78 is 5.52. The summed E-state index contributed by atoms with van der Waals surface area (Å²) in [5.41, 5.74) is 5.85. The highest BCUT2D eigenvalue weighted by atomic mass is 16.5. The maximum Gasteiger partial charge on any atom is 0.254 e. The summed E-state index contributed by atoms with van der Waals surface area (Å²) in [5, 5.41) is 1.30. The SMILES string of the molecule is CC=C1COC=C2C(=O)N3CCc4c([nH]c5ccccc45)C3CC12. The van der Waals surface area contributed by atoms with Crippen molar-refractivity contribution in [3.05, 3.63) is 59.0 Å². The van der Waals surface area contributed by atoms with Crippen LogP contribution in [0.25, 0.3) is 10.9 Å². The molecule has 0 radical (unpaired) electrons. The third kappa shape index (κ3) is 1.77. The first-order valence-electron chi connectivity index (χ1n) is 8.65. The number of nitrogens with zero attached hydrogens (tertiary/aromatic N) is 1. The fourth-order valence-corrected chi connectivity index (χ4v) is 4.57. The van der Waals surface area contributed by atoms with Gasteiger partial charge in [0.05, 0.1) is 17.9 Å². The van der Waals surface area contributed by atoms with E-state index in [0.717, 1.165) is 25.0 Å². The molecule has 4 heterocycles. The molecule has 3 aliphatic heterocycles. The quantitative estimate of drug-likeness (QED) is 0.755. The Morgan fingerprint density at radius 3 is 3.08 bits per heavy atom. The van der Waals surface area contributed by atoms with Crippen LogP contribution in [-0.2, 0) is 16.0 Å². The number of carbonyl (C=O) groups is 1. The van der Waals surface area contributed by atoms with Gasteiger partial charge in [0.1, 0.15) is 6.61 Å². The van der Waals surface area contributed by atoms with Gasteiger partial charge in [-0.2, -0.15) is 0 Å². The molecule has 122 valence electrons. The zero-order valence-electron chi connectivity index (χ0n) is 13.7. The van der Waals surface area contributed by atoms with E-state index >= 15 is 0 Å². The average Bonchev–Trinajstić information content (AvgIpc) is 3.01. The Morgan fingerprint density at radius 2 is 2.21 bits per heavy atom. The van der Waals surface area contributed by atoms with Crippen molar-refractivity contribution in [3.8, 4) is 0 Å². The Balaban J connectivity index is 1.64. The van der Waals surface area contributed by atoms with Crippen LogP contribution < -0.4 is 0 Å². The van der Waals surface area contributed by atoms with Gasteiger partial charge in [0.15, 0.2) is 0 Å². The van der Waals surface area contributed by atoms with Gasteiger partial charge < -0.3 is 14.6 Å². The van der Waals surface area contributed by atoms with Crippen molar-refractivity contribution in [2.45, 2.75) is 25.8 Å². The smallest absolute Gasteiger partial charge is 0.254 e. The number of aromatic nitrogens is 1. The highest BCUT2D eigenvalue weighted by Gasteiger charge is 2.44. The number of fused-ring (bicyclic) bond motifs is 6. The number of allylic oxidation sites excluding steroid dienone is 1. The Bertz CT molecular complexity index is 905. The van der Waals surface area contributed by atoms with Gasteiger partial charge >= 0.3 is 0 Å². The molecule has 24 heavy (non-hydrogen) atoms. The van der Waals surface area contributed by atoms with Crippen molar-refractivity contribution in [3.63, 3.8) is 0 Å². The monoisotopic (exact) mass is 320 g/mol. The lowest BCUT2D eigenvalue weighted by molar-refractivity contribution is -0.133. The van der Waals surface area contributed by atoms with E-state index in [-0.39, 0.29) is 17.9 Å². The number of ether oxygens (including phenoxy) is 1. The van der Waals surface area contributed by atoms with Crippen LogP contribution in [0.3, 0.4) is 0 Å². The molecule has 5 rings (SSSR count). The lowest BCUT2D eigenvalue weighted by Gasteiger charge is -2.44. The van der Waals surface area contributed by atoms with Gasteiger partial charge in [-0.15, -0.1) is 0 Å². The molecule has 1 fully saturated rings. The molecule has 2 atom stereocenters. The number of rotatable bonds is 0. The molecule has 4 heteroatoms.